The first-order chi connectivity index (χ1) is 15.4. The fourth-order valence-corrected chi connectivity index (χ4v) is 4.32. The minimum atomic E-state index is -3.73. The Morgan fingerprint density at radius 2 is 1.72 bits per heavy atom. The van der Waals surface area contributed by atoms with Crippen LogP contribution in [0.15, 0.2) is 102 Å². The number of imidazole rings is 1. The van der Waals surface area contributed by atoms with Crippen LogP contribution in [0.5, 0.6) is 0 Å². The first-order valence-electron chi connectivity index (χ1n) is 9.99. The molecule has 8 heteroatoms. The van der Waals surface area contributed by atoms with Crippen molar-refractivity contribution in [2.45, 2.75) is 17.9 Å². The van der Waals surface area contributed by atoms with E-state index in [0.29, 0.717) is 11.3 Å². The van der Waals surface area contributed by atoms with Crippen LogP contribution in [0.25, 0.3) is 5.69 Å². The minimum Gasteiger partial charge on any atom is -0.346 e. The summed E-state index contributed by atoms with van der Waals surface area (Å²) in [6.07, 6.45) is 5.29. The van der Waals surface area contributed by atoms with Crippen LogP contribution in [-0.4, -0.2) is 23.9 Å². The summed E-state index contributed by atoms with van der Waals surface area (Å²) in [6, 6.07) is 22.1. The van der Waals surface area contributed by atoms with Gasteiger partial charge in [0.05, 0.1) is 17.3 Å². The number of rotatable bonds is 7. The van der Waals surface area contributed by atoms with Crippen molar-refractivity contribution in [3.63, 3.8) is 0 Å². The smallest absolute Gasteiger partial charge is 0.261 e. The molecule has 2 N–H and O–H groups in total. The average molecular weight is 447 g/mol. The van der Waals surface area contributed by atoms with E-state index in [2.05, 4.69) is 15.0 Å². The van der Waals surface area contributed by atoms with E-state index in [9.17, 15) is 13.2 Å². The number of amides is 1. The second-order valence-corrected chi connectivity index (χ2v) is 8.94. The molecule has 1 aromatic heterocycles. The van der Waals surface area contributed by atoms with E-state index < -0.39 is 10.0 Å². The fraction of sp³-hybridized carbons (Fsp3) is 0.0833. The molecule has 4 rings (SSSR count). The van der Waals surface area contributed by atoms with Crippen molar-refractivity contribution in [2.24, 2.45) is 0 Å². The molecule has 0 saturated heterocycles. The summed E-state index contributed by atoms with van der Waals surface area (Å²) >= 11 is 0. The van der Waals surface area contributed by atoms with Crippen LogP contribution >= 0.6 is 0 Å². The quantitative estimate of drug-likeness (QED) is 0.446. The lowest BCUT2D eigenvalue weighted by molar-refractivity contribution is 0.0940. The molecule has 32 heavy (non-hydrogen) atoms. The van der Waals surface area contributed by atoms with Crippen molar-refractivity contribution in [2.75, 3.05) is 4.72 Å². The third-order valence-electron chi connectivity index (χ3n) is 4.97. The number of carbonyl (C=O) groups is 1. The molecule has 3 aromatic carbocycles. The number of anilines is 1. The monoisotopic (exact) mass is 446 g/mol. The maximum Gasteiger partial charge on any atom is 0.261 e. The van der Waals surface area contributed by atoms with Crippen molar-refractivity contribution >= 4 is 21.6 Å². The number of nitrogens with zero attached hydrogens (tertiary/aromatic N) is 2. The van der Waals surface area contributed by atoms with Crippen LogP contribution in [0.4, 0.5) is 5.69 Å². The number of benzene rings is 3. The molecule has 0 saturated carbocycles. The lowest BCUT2D eigenvalue weighted by Gasteiger charge is -2.16. The lowest BCUT2D eigenvalue weighted by atomic mass is 10.1. The molecule has 0 fully saturated rings. The van der Waals surface area contributed by atoms with Crippen LogP contribution < -0.4 is 10.0 Å². The zero-order valence-corrected chi connectivity index (χ0v) is 18.2. The van der Waals surface area contributed by atoms with Crippen LogP contribution in [0, 0.1) is 0 Å². The van der Waals surface area contributed by atoms with Gasteiger partial charge in [-0.05, 0) is 55.0 Å². The fourth-order valence-electron chi connectivity index (χ4n) is 3.25. The molecule has 0 aliphatic rings. The topological polar surface area (TPSA) is 93.1 Å². The number of nitrogens with one attached hydrogen (secondary N) is 2. The SMILES string of the molecule is CC(NC(=O)c1cccc(NS(=O)(=O)c2ccccc2)c1)c1ccc(-n2ccnc2)cc1. The molecular weight excluding hydrogens is 424 g/mol. The first-order valence-corrected chi connectivity index (χ1v) is 11.5. The predicted octanol–water partition coefficient (Wildman–Crippen LogP) is 4.16. The number of aromatic nitrogens is 2. The minimum absolute atomic E-state index is 0.155. The summed E-state index contributed by atoms with van der Waals surface area (Å²) < 4.78 is 29.5. The molecule has 0 spiro atoms. The van der Waals surface area contributed by atoms with E-state index in [1.807, 2.05) is 42.0 Å². The van der Waals surface area contributed by atoms with Crippen molar-refractivity contribution in [1.29, 1.82) is 0 Å². The second-order valence-electron chi connectivity index (χ2n) is 7.26. The van der Waals surface area contributed by atoms with E-state index in [4.69, 9.17) is 0 Å². The zero-order chi connectivity index (χ0) is 22.6. The highest BCUT2D eigenvalue weighted by Gasteiger charge is 2.16. The largest absolute Gasteiger partial charge is 0.346 e. The Labute approximate surface area is 186 Å². The van der Waals surface area contributed by atoms with Gasteiger partial charge < -0.3 is 9.88 Å². The van der Waals surface area contributed by atoms with Crippen LogP contribution in [-0.2, 0) is 10.0 Å². The van der Waals surface area contributed by atoms with Gasteiger partial charge in [0.2, 0.25) is 0 Å². The molecule has 1 unspecified atom stereocenters. The zero-order valence-electron chi connectivity index (χ0n) is 17.3. The van der Waals surface area contributed by atoms with Crippen LogP contribution in [0.2, 0.25) is 0 Å². The normalized spacial score (nSPS) is 12.2. The highest BCUT2D eigenvalue weighted by molar-refractivity contribution is 7.92. The Balaban J connectivity index is 1.44. The number of hydrogen-bond donors (Lipinski definition) is 2. The summed E-state index contributed by atoms with van der Waals surface area (Å²) in [5.74, 6) is -0.294. The van der Waals surface area contributed by atoms with Crippen molar-refractivity contribution < 1.29 is 13.2 Å². The van der Waals surface area contributed by atoms with Gasteiger partial charge in [-0.3, -0.25) is 9.52 Å². The highest BCUT2D eigenvalue weighted by atomic mass is 32.2. The van der Waals surface area contributed by atoms with Gasteiger partial charge >= 0.3 is 0 Å². The Morgan fingerprint density at radius 1 is 0.969 bits per heavy atom. The second kappa shape index (κ2) is 9.07. The van der Waals surface area contributed by atoms with E-state index in [-0.39, 0.29) is 16.8 Å². The summed E-state index contributed by atoms with van der Waals surface area (Å²) in [5, 5.41) is 2.95. The summed E-state index contributed by atoms with van der Waals surface area (Å²) in [7, 11) is -3.73. The van der Waals surface area contributed by atoms with Gasteiger partial charge in [-0.15, -0.1) is 0 Å². The van der Waals surface area contributed by atoms with Gasteiger partial charge in [0.15, 0.2) is 0 Å². The van der Waals surface area contributed by atoms with E-state index in [1.165, 1.54) is 18.2 Å². The van der Waals surface area contributed by atoms with Gasteiger partial charge in [-0.1, -0.05) is 36.4 Å². The Hall–Kier alpha value is -3.91. The van der Waals surface area contributed by atoms with Crippen molar-refractivity contribution in [3.05, 3.63) is 109 Å². The molecule has 0 bridgehead atoms. The van der Waals surface area contributed by atoms with Gasteiger partial charge in [0.1, 0.15) is 0 Å². The third kappa shape index (κ3) is 4.87. The van der Waals surface area contributed by atoms with Crippen LogP contribution in [0.3, 0.4) is 0 Å². The standard InChI is InChI=1S/C24H22N4O3S/c1-18(19-10-12-22(13-11-19)28-15-14-25-17-28)26-24(29)20-6-5-7-21(16-20)27-32(30,31)23-8-3-2-4-9-23/h2-18,27H,1H3,(H,26,29). The lowest BCUT2D eigenvalue weighted by Crippen LogP contribution is -2.26. The predicted molar refractivity (Wildman–Crippen MR) is 123 cm³/mol. The molecule has 7 nitrogen and oxygen atoms in total. The Bertz CT molecular complexity index is 1300. The first kappa shape index (κ1) is 21.3. The van der Waals surface area contributed by atoms with Crippen LogP contribution in [0.1, 0.15) is 28.9 Å². The molecule has 0 aliphatic carbocycles. The molecule has 0 radical (unpaired) electrons. The van der Waals surface area contributed by atoms with Crippen molar-refractivity contribution in [3.8, 4) is 5.69 Å². The molecule has 1 amide bonds. The number of hydrogen-bond acceptors (Lipinski definition) is 4. The maximum atomic E-state index is 12.8. The summed E-state index contributed by atoms with van der Waals surface area (Å²) in [5.41, 5.74) is 2.60. The average Bonchev–Trinajstić information content (AvgIpc) is 3.35. The third-order valence-corrected chi connectivity index (χ3v) is 6.37. The molecule has 162 valence electrons. The van der Waals surface area contributed by atoms with Gasteiger partial charge in [0.25, 0.3) is 15.9 Å². The molecule has 0 aliphatic heterocycles. The summed E-state index contributed by atoms with van der Waals surface area (Å²) in [4.78, 5) is 17.0. The Morgan fingerprint density at radius 3 is 2.41 bits per heavy atom. The van der Waals surface area contributed by atoms with E-state index in [1.54, 1.807) is 48.9 Å². The van der Waals surface area contributed by atoms with Gasteiger partial charge in [-0.2, -0.15) is 0 Å². The van der Waals surface area contributed by atoms with Gasteiger partial charge in [-0.25, -0.2) is 13.4 Å². The maximum absolute atomic E-state index is 12.8. The van der Waals surface area contributed by atoms with E-state index >= 15 is 0 Å². The molecule has 1 atom stereocenters. The molecule has 4 aromatic rings. The van der Waals surface area contributed by atoms with Crippen molar-refractivity contribution in [1.82, 2.24) is 14.9 Å². The molecular formula is C24H22N4O3S. The number of sulfonamides is 1. The van der Waals surface area contributed by atoms with E-state index in [0.717, 1.165) is 11.3 Å². The highest BCUT2D eigenvalue weighted by Crippen LogP contribution is 2.19. The molecule has 1 heterocycles. The summed E-state index contributed by atoms with van der Waals surface area (Å²) in [6.45, 7) is 1.89. The Kier molecular flexibility index (Phi) is 6.04. The number of carbonyl (C=O) groups excluding carboxylic acids is 1. The van der Waals surface area contributed by atoms with Gasteiger partial charge in [0, 0.05) is 29.3 Å².